The minimum Gasteiger partial charge on any atom is -0.485 e. The molecule has 0 aliphatic heterocycles. The molecule has 0 fully saturated rings. The number of amides is 1. The highest BCUT2D eigenvalue weighted by Crippen LogP contribution is 2.27. The second-order valence-electron chi connectivity index (χ2n) is 7.19. The average Bonchev–Trinajstić information content (AvgIpc) is 3.09. The number of rotatable bonds is 5. The van der Waals surface area contributed by atoms with Crippen molar-refractivity contribution in [1.29, 1.82) is 0 Å². The summed E-state index contributed by atoms with van der Waals surface area (Å²) >= 11 is 1.45. The Morgan fingerprint density at radius 3 is 2.57 bits per heavy atom. The fourth-order valence-electron chi connectivity index (χ4n) is 3.04. The molecule has 0 saturated carbocycles. The first-order chi connectivity index (χ1) is 14.4. The van der Waals surface area contributed by atoms with Gasteiger partial charge in [-0.1, -0.05) is 23.8 Å². The van der Waals surface area contributed by atoms with Crippen LogP contribution in [-0.4, -0.2) is 15.3 Å². The van der Waals surface area contributed by atoms with Crippen LogP contribution in [0.15, 0.2) is 59.5 Å². The molecule has 0 aliphatic rings. The predicted octanol–water partition coefficient (Wildman–Crippen LogP) is 4.51. The standard InChI is InChI=1S/C23H21N3O3S/c1-14-4-7-17(8-5-14)22(28)25-19-9-6-15(2)10-20(19)29-13-18-11-21(27)26-12-16(3)30-23(26)24-18/h4-12H,13H2,1-3H3,(H,25,28). The first-order valence-electron chi connectivity index (χ1n) is 9.49. The van der Waals surface area contributed by atoms with E-state index in [4.69, 9.17) is 4.74 Å². The maximum absolute atomic E-state index is 12.6. The first-order valence-corrected chi connectivity index (χ1v) is 10.3. The van der Waals surface area contributed by atoms with Crippen LogP contribution < -0.4 is 15.6 Å². The molecule has 0 bridgehead atoms. The second-order valence-corrected chi connectivity index (χ2v) is 8.40. The molecule has 1 amide bonds. The smallest absolute Gasteiger partial charge is 0.258 e. The molecule has 0 aliphatic carbocycles. The summed E-state index contributed by atoms with van der Waals surface area (Å²) in [6, 6.07) is 14.4. The largest absolute Gasteiger partial charge is 0.485 e. The number of fused-ring (bicyclic) bond motifs is 1. The number of carbonyl (C=O) groups excluding carboxylic acids is 1. The zero-order valence-corrected chi connectivity index (χ0v) is 17.7. The van der Waals surface area contributed by atoms with Crippen molar-refractivity contribution in [3.63, 3.8) is 0 Å². The molecule has 30 heavy (non-hydrogen) atoms. The number of aryl methyl sites for hydroxylation is 3. The van der Waals surface area contributed by atoms with E-state index in [1.165, 1.54) is 21.8 Å². The SMILES string of the molecule is Cc1ccc(C(=O)Nc2ccc(C)cc2OCc2cc(=O)n3cc(C)sc3n2)cc1. The maximum atomic E-state index is 12.6. The van der Waals surface area contributed by atoms with Gasteiger partial charge in [0.25, 0.3) is 11.5 Å². The molecule has 7 heteroatoms. The number of hydrogen-bond donors (Lipinski definition) is 1. The molecule has 0 spiro atoms. The molecule has 0 radical (unpaired) electrons. The van der Waals surface area contributed by atoms with Crippen LogP contribution in [0.3, 0.4) is 0 Å². The number of nitrogens with zero attached hydrogens (tertiary/aromatic N) is 2. The minimum absolute atomic E-state index is 0.125. The van der Waals surface area contributed by atoms with Gasteiger partial charge in [-0.2, -0.15) is 0 Å². The van der Waals surface area contributed by atoms with Gasteiger partial charge in [0, 0.05) is 22.7 Å². The second kappa shape index (κ2) is 8.12. The van der Waals surface area contributed by atoms with Gasteiger partial charge in [0.1, 0.15) is 12.4 Å². The Kier molecular flexibility index (Phi) is 5.37. The lowest BCUT2D eigenvalue weighted by atomic mass is 10.1. The summed E-state index contributed by atoms with van der Waals surface area (Å²) in [6.07, 6.45) is 1.78. The van der Waals surface area contributed by atoms with E-state index in [-0.39, 0.29) is 18.1 Å². The van der Waals surface area contributed by atoms with Crippen LogP contribution in [0.5, 0.6) is 5.75 Å². The van der Waals surface area contributed by atoms with E-state index in [0.29, 0.717) is 27.7 Å². The van der Waals surface area contributed by atoms with Gasteiger partial charge in [0.15, 0.2) is 4.96 Å². The van der Waals surface area contributed by atoms with E-state index >= 15 is 0 Å². The number of benzene rings is 2. The Morgan fingerprint density at radius 1 is 1.07 bits per heavy atom. The van der Waals surface area contributed by atoms with E-state index in [1.54, 1.807) is 18.3 Å². The third-order valence-electron chi connectivity index (χ3n) is 4.61. The van der Waals surface area contributed by atoms with E-state index in [2.05, 4.69) is 10.3 Å². The highest BCUT2D eigenvalue weighted by molar-refractivity contribution is 7.16. The van der Waals surface area contributed by atoms with Gasteiger partial charge in [-0.25, -0.2) is 4.98 Å². The third kappa shape index (κ3) is 4.26. The topological polar surface area (TPSA) is 72.7 Å². The van der Waals surface area contributed by atoms with Crippen molar-refractivity contribution in [3.8, 4) is 5.75 Å². The van der Waals surface area contributed by atoms with Crippen LogP contribution in [0.1, 0.15) is 32.1 Å². The van der Waals surface area contributed by atoms with Crippen LogP contribution in [0, 0.1) is 20.8 Å². The van der Waals surface area contributed by atoms with Crippen molar-refractivity contribution in [1.82, 2.24) is 9.38 Å². The molecule has 2 aromatic carbocycles. The van der Waals surface area contributed by atoms with Gasteiger partial charge in [0.05, 0.1) is 11.4 Å². The Balaban J connectivity index is 1.55. The first kappa shape index (κ1) is 19.8. The molecule has 1 N–H and O–H groups in total. The van der Waals surface area contributed by atoms with Gasteiger partial charge < -0.3 is 10.1 Å². The monoisotopic (exact) mass is 419 g/mol. The molecule has 0 atom stereocenters. The number of carbonyl (C=O) groups is 1. The zero-order valence-electron chi connectivity index (χ0n) is 16.9. The number of nitrogens with one attached hydrogen (secondary N) is 1. The predicted molar refractivity (Wildman–Crippen MR) is 119 cm³/mol. The highest BCUT2D eigenvalue weighted by atomic mass is 32.1. The van der Waals surface area contributed by atoms with Gasteiger partial charge in [0.2, 0.25) is 0 Å². The molecular weight excluding hydrogens is 398 g/mol. The fraction of sp³-hybridized carbons (Fsp3) is 0.174. The summed E-state index contributed by atoms with van der Waals surface area (Å²) in [5, 5.41) is 2.91. The van der Waals surface area contributed by atoms with Crippen LogP contribution in [-0.2, 0) is 6.61 Å². The number of aromatic nitrogens is 2. The maximum Gasteiger partial charge on any atom is 0.258 e. The molecule has 0 unspecified atom stereocenters. The normalized spacial score (nSPS) is 10.9. The molecule has 2 aromatic heterocycles. The lowest BCUT2D eigenvalue weighted by molar-refractivity contribution is 0.102. The van der Waals surface area contributed by atoms with E-state index in [1.807, 2.05) is 51.1 Å². The van der Waals surface area contributed by atoms with Crippen molar-refractivity contribution in [3.05, 3.63) is 92.3 Å². The number of anilines is 1. The van der Waals surface area contributed by atoms with Crippen molar-refractivity contribution in [2.24, 2.45) is 0 Å². The highest BCUT2D eigenvalue weighted by Gasteiger charge is 2.12. The number of thiazole rings is 1. The Morgan fingerprint density at radius 2 is 1.80 bits per heavy atom. The van der Waals surface area contributed by atoms with Gasteiger partial charge >= 0.3 is 0 Å². The van der Waals surface area contributed by atoms with Crippen molar-refractivity contribution in [2.75, 3.05) is 5.32 Å². The Bertz CT molecular complexity index is 1290. The van der Waals surface area contributed by atoms with Crippen LogP contribution >= 0.6 is 11.3 Å². The third-order valence-corrected chi connectivity index (χ3v) is 5.51. The van der Waals surface area contributed by atoms with Crippen LogP contribution in [0.2, 0.25) is 0 Å². The Labute approximate surface area is 177 Å². The van der Waals surface area contributed by atoms with Crippen molar-refractivity contribution in [2.45, 2.75) is 27.4 Å². The van der Waals surface area contributed by atoms with E-state index < -0.39 is 0 Å². The van der Waals surface area contributed by atoms with Crippen molar-refractivity contribution >= 4 is 27.9 Å². The van der Waals surface area contributed by atoms with Gasteiger partial charge in [-0.3, -0.25) is 14.0 Å². The number of ether oxygens (including phenoxy) is 1. The molecule has 4 rings (SSSR count). The minimum atomic E-state index is -0.212. The van der Waals surface area contributed by atoms with Gasteiger partial charge in [-0.05, 0) is 50.6 Å². The molecule has 4 aromatic rings. The van der Waals surface area contributed by atoms with Crippen LogP contribution in [0.4, 0.5) is 5.69 Å². The lowest BCUT2D eigenvalue weighted by Crippen LogP contribution is -2.15. The van der Waals surface area contributed by atoms with Gasteiger partial charge in [-0.15, -0.1) is 11.3 Å². The quantitative estimate of drug-likeness (QED) is 0.516. The summed E-state index contributed by atoms with van der Waals surface area (Å²) in [4.78, 5) is 31.1. The molecule has 6 nitrogen and oxygen atoms in total. The average molecular weight is 420 g/mol. The molecule has 2 heterocycles. The van der Waals surface area contributed by atoms with Crippen molar-refractivity contribution < 1.29 is 9.53 Å². The van der Waals surface area contributed by atoms with E-state index in [9.17, 15) is 9.59 Å². The fourth-order valence-corrected chi connectivity index (χ4v) is 3.89. The molecule has 152 valence electrons. The number of hydrogen-bond acceptors (Lipinski definition) is 5. The molecule has 0 saturated heterocycles. The summed E-state index contributed by atoms with van der Waals surface area (Å²) in [5.74, 6) is 0.315. The zero-order chi connectivity index (χ0) is 21.3. The molecular formula is C23H21N3O3S. The summed E-state index contributed by atoms with van der Waals surface area (Å²) in [5.41, 5.74) is 3.62. The van der Waals surface area contributed by atoms with Crippen LogP contribution in [0.25, 0.3) is 4.96 Å². The summed E-state index contributed by atoms with van der Waals surface area (Å²) in [6.45, 7) is 5.98. The van der Waals surface area contributed by atoms with E-state index in [0.717, 1.165) is 16.0 Å². The summed E-state index contributed by atoms with van der Waals surface area (Å²) < 4.78 is 7.48. The lowest BCUT2D eigenvalue weighted by Gasteiger charge is -2.13. The summed E-state index contributed by atoms with van der Waals surface area (Å²) in [7, 11) is 0. The Hall–Kier alpha value is -3.45.